The van der Waals surface area contributed by atoms with E-state index in [0.717, 1.165) is 12.1 Å². The summed E-state index contributed by atoms with van der Waals surface area (Å²) in [6.07, 6.45) is 1.05. The van der Waals surface area contributed by atoms with E-state index in [0.29, 0.717) is 12.8 Å². The molecule has 3 N–H and O–H groups in total. The molecule has 1 aromatic rings. The van der Waals surface area contributed by atoms with Gasteiger partial charge < -0.3 is 15.7 Å². The average Bonchev–Trinajstić information content (AvgIpc) is 2.42. The summed E-state index contributed by atoms with van der Waals surface area (Å²) in [5.74, 6) is -1.34. The normalized spacial score (nSPS) is 13.7. The average molecular weight is 286 g/mol. The number of aliphatic hydroxyl groups excluding tert-OH is 1. The fourth-order valence-corrected chi connectivity index (χ4v) is 1.85. The Morgan fingerprint density at radius 2 is 1.95 bits per heavy atom. The van der Waals surface area contributed by atoms with Crippen LogP contribution in [0.5, 0.6) is 0 Å². The van der Waals surface area contributed by atoms with Crippen molar-refractivity contribution in [1.82, 2.24) is 10.6 Å². The molecule has 112 valence electrons. The molecule has 0 heterocycles. The minimum Gasteiger partial charge on any atom is -0.394 e. The number of carbonyl (C=O) groups is 1. The maximum atomic E-state index is 13.7. The Balaban J connectivity index is 2.74. The second kappa shape index (κ2) is 7.79. The van der Waals surface area contributed by atoms with Crippen LogP contribution in [0.2, 0.25) is 0 Å². The molecule has 0 aliphatic heterocycles. The summed E-state index contributed by atoms with van der Waals surface area (Å²) in [4.78, 5) is 11.8. The maximum absolute atomic E-state index is 13.7. The Labute approximate surface area is 117 Å². The van der Waals surface area contributed by atoms with E-state index in [2.05, 4.69) is 10.6 Å². The van der Waals surface area contributed by atoms with Crippen molar-refractivity contribution in [2.24, 2.45) is 0 Å². The Bertz CT molecular complexity index is 451. The van der Waals surface area contributed by atoms with Gasteiger partial charge in [-0.05, 0) is 18.9 Å². The minimum absolute atomic E-state index is 0.161. The van der Waals surface area contributed by atoms with E-state index < -0.39 is 23.7 Å². The fourth-order valence-electron chi connectivity index (χ4n) is 1.85. The zero-order chi connectivity index (χ0) is 15.1. The first-order chi connectivity index (χ1) is 9.51. The first-order valence-electron chi connectivity index (χ1n) is 6.64. The van der Waals surface area contributed by atoms with Crippen LogP contribution in [0, 0.1) is 11.6 Å². The lowest BCUT2D eigenvalue weighted by atomic mass is 10.0. The van der Waals surface area contributed by atoms with Gasteiger partial charge in [-0.1, -0.05) is 19.9 Å². The van der Waals surface area contributed by atoms with Gasteiger partial charge in [0.2, 0.25) is 0 Å². The molecule has 0 aliphatic rings. The SMILES string of the molecule is CCC(CO)NC(=O)NC(CC)c1ccc(F)cc1F. The number of halogens is 2. The van der Waals surface area contributed by atoms with Gasteiger partial charge in [0.05, 0.1) is 18.7 Å². The third kappa shape index (κ3) is 4.45. The van der Waals surface area contributed by atoms with Gasteiger partial charge in [-0.15, -0.1) is 0 Å². The lowest BCUT2D eigenvalue weighted by molar-refractivity contribution is 0.211. The molecule has 20 heavy (non-hydrogen) atoms. The van der Waals surface area contributed by atoms with Crippen molar-refractivity contribution < 1.29 is 18.7 Å². The van der Waals surface area contributed by atoms with E-state index in [1.54, 1.807) is 6.92 Å². The second-order valence-corrected chi connectivity index (χ2v) is 4.53. The highest BCUT2D eigenvalue weighted by Crippen LogP contribution is 2.20. The lowest BCUT2D eigenvalue weighted by Gasteiger charge is -2.21. The number of urea groups is 1. The summed E-state index contributed by atoms with van der Waals surface area (Å²) in [6.45, 7) is 3.46. The van der Waals surface area contributed by atoms with Gasteiger partial charge in [0.25, 0.3) is 0 Å². The molecule has 0 saturated carbocycles. The van der Waals surface area contributed by atoms with E-state index >= 15 is 0 Å². The van der Waals surface area contributed by atoms with Crippen molar-refractivity contribution in [3.05, 3.63) is 35.4 Å². The van der Waals surface area contributed by atoms with Crippen molar-refractivity contribution >= 4 is 6.03 Å². The van der Waals surface area contributed by atoms with E-state index in [9.17, 15) is 13.6 Å². The van der Waals surface area contributed by atoms with Crippen LogP contribution in [0.25, 0.3) is 0 Å². The second-order valence-electron chi connectivity index (χ2n) is 4.53. The predicted octanol–water partition coefficient (Wildman–Crippen LogP) is 2.49. The number of nitrogens with one attached hydrogen (secondary N) is 2. The van der Waals surface area contributed by atoms with E-state index in [1.807, 2.05) is 6.92 Å². The summed E-state index contributed by atoms with van der Waals surface area (Å²) in [5.41, 5.74) is 0.237. The van der Waals surface area contributed by atoms with E-state index in [4.69, 9.17) is 5.11 Å². The van der Waals surface area contributed by atoms with Crippen molar-refractivity contribution in [3.63, 3.8) is 0 Å². The molecular formula is C14H20F2N2O2. The third-order valence-electron chi connectivity index (χ3n) is 3.10. The molecule has 0 aliphatic carbocycles. The number of amides is 2. The minimum atomic E-state index is -0.689. The van der Waals surface area contributed by atoms with Gasteiger partial charge in [0.1, 0.15) is 11.6 Å². The van der Waals surface area contributed by atoms with Crippen LogP contribution in [-0.2, 0) is 0 Å². The molecule has 1 aromatic carbocycles. The Kier molecular flexibility index (Phi) is 6.38. The topological polar surface area (TPSA) is 61.4 Å². The van der Waals surface area contributed by atoms with Crippen molar-refractivity contribution in [3.8, 4) is 0 Å². The molecular weight excluding hydrogens is 266 g/mol. The Morgan fingerprint density at radius 3 is 2.45 bits per heavy atom. The summed E-state index contributed by atoms with van der Waals surface area (Å²) in [6, 6.07) is 1.89. The number of benzene rings is 1. The van der Waals surface area contributed by atoms with Crippen LogP contribution in [0.15, 0.2) is 18.2 Å². The van der Waals surface area contributed by atoms with Gasteiger partial charge in [0, 0.05) is 11.6 Å². The Morgan fingerprint density at radius 1 is 1.25 bits per heavy atom. The van der Waals surface area contributed by atoms with Gasteiger partial charge >= 0.3 is 6.03 Å². The van der Waals surface area contributed by atoms with Crippen LogP contribution < -0.4 is 10.6 Å². The van der Waals surface area contributed by atoms with Crippen LogP contribution >= 0.6 is 0 Å². The fraction of sp³-hybridized carbons (Fsp3) is 0.500. The number of hydrogen-bond donors (Lipinski definition) is 3. The summed E-state index contributed by atoms with van der Waals surface area (Å²) in [7, 11) is 0. The van der Waals surface area contributed by atoms with Gasteiger partial charge in [-0.3, -0.25) is 0 Å². The molecule has 2 atom stereocenters. The zero-order valence-corrected chi connectivity index (χ0v) is 11.6. The molecule has 0 radical (unpaired) electrons. The lowest BCUT2D eigenvalue weighted by Crippen LogP contribution is -2.44. The highest BCUT2D eigenvalue weighted by atomic mass is 19.1. The van der Waals surface area contributed by atoms with Crippen LogP contribution in [-0.4, -0.2) is 23.8 Å². The first-order valence-corrected chi connectivity index (χ1v) is 6.64. The smallest absolute Gasteiger partial charge is 0.315 e. The van der Waals surface area contributed by atoms with Crippen molar-refractivity contribution in [1.29, 1.82) is 0 Å². The van der Waals surface area contributed by atoms with Crippen LogP contribution in [0.3, 0.4) is 0 Å². The maximum Gasteiger partial charge on any atom is 0.315 e. The van der Waals surface area contributed by atoms with Crippen LogP contribution in [0.1, 0.15) is 38.3 Å². The van der Waals surface area contributed by atoms with Gasteiger partial charge in [-0.25, -0.2) is 13.6 Å². The Hall–Kier alpha value is -1.69. The highest BCUT2D eigenvalue weighted by molar-refractivity contribution is 5.74. The number of carbonyl (C=O) groups excluding carboxylic acids is 1. The summed E-state index contributed by atoms with van der Waals surface area (Å²) < 4.78 is 26.6. The summed E-state index contributed by atoms with van der Waals surface area (Å²) in [5, 5.41) is 14.2. The molecule has 6 heteroatoms. The van der Waals surface area contributed by atoms with Crippen molar-refractivity contribution in [2.75, 3.05) is 6.61 Å². The molecule has 2 unspecified atom stereocenters. The standard InChI is InChI=1S/C14H20F2N2O2/c1-3-10(8-19)17-14(20)18-13(4-2)11-6-5-9(15)7-12(11)16/h5-7,10,13,19H,3-4,8H2,1-2H3,(H2,17,18,20). The van der Waals surface area contributed by atoms with Crippen LogP contribution in [0.4, 0.5) is 13.6 Å². The number of hydrogen-bond acceptors (Lipinski definition) is 2. The molecule has 1 rings (SSSR count). The number of rotatable bonds is 6. The monoisotopic (exact) mass is 286 g/mol. The molecule has 2 amide bonds. The van der Waals surface area contributed by atoms with Crippen molar-refractivity contribution in [2.45, 2.75) is 38.8 Å². The van der Waals surface area contributed by atoms with Gasteiger partial charge in [0.15, 0.2) is 0 Å². The molecule has 0 fully saturated rings. The summed E-state index contributed by atoms with van der Waals surface area (Å²) >= 11 is 0. The molecule has 0 bridgehead atoms. The van der Waals surface area contributed by atoms with E-state index in [1.165, 1.54) is 6.07 Å². The third-order valence-corrected chi connectivity index (χ3v) is 3.10. The zero-order valence-electron chi connectivity index (χ0n) is 11.6. The quantitative estimate of drug-likeness (QED) is 0.752. The molecule has 0 spiro atoms. The molecule has 0 aromatic heterocycles. The molecule has 0 saturated heterocycles. The highest BCUT2D eigenvalue weighted by Gasteiger charge is 2.18. The largest absolute Gasteiger partial charge is 0.394 e. The first kappa shape index (κ1) is 16.4. The van der Waals surface area contributed by atoms with E-state index in [-0.39, 0.29) is 18.2 Å². The van der Waals surface area contributed by atoms with Gasteiger partial charge in [-0.2, -0.15) is 0 Å². The predicted molar refractivity (Wildman–Crippen MR) is 72.2 cm³/mol. The molecule has 4 nitrogen and oxygen atoms in total. The number of aliphatic hydroxyl groups is 1.